The van der Waals surface area contributed by atoms with Gasteiger partial charge in [-0.05, 0) is 55.8 Å². The molecule has 0 aliphatic heterocycles. The zero-order chi connectivity index (χ0) is 14.1. The number of aryl methyl sites for hydroxylation is 2. The lowest BCUT2D eigenvalue weighted by Crippen LogP contribution is -2.09. The minimum atomic E-state index is 0.688. The maximum atomic E-state index is 5.89. The van der Waals surface area contributed by atoms with Crippen molar-refractivity contribution in [3.05, 3.63) is 58.9 Å². The number of benzene rings is 2. The maximum absolute atomic E-state index is 5.89. The molecular formula is C16H16ClN3. The molecule has 0 radical (unpaired) electrons. The van der Waals surface area contributed by atoms with E-state index in [9.17, 15) is 0 Å². The van der Waals surface area contributed by atoms with E-state index in [4.69, 9.17) is 11.6 Å². The molecule has 0 saturated carbocycles. The van der Waals surface area contributed by atoms with Gasteiger partial charge in [0.05, 0.1) is 17.7 Å². The normalized spacial score (nSPS) is 10.9. The van der Waals surface area contributed by atoms with Crippen LogP contribution in [0.2, 0.25) is 5.02 Å². The molecule has 2 aromatic carbocycles. The molecule has 20 heavy (non-hydrogen) atoms. The van der Waals surface area contributed by atoms with Crippen molar-refractivity contribution in [1.29, 1.82) is 0 Å². The second kappa shape index (κ2) is 5.17. The first-order valence-corrected chi connectivity index (χ1v) is 6.94. The van der Waals surface area contributed by atoms with Crippen LogP contribution in [-0.4, -0.2) is 9.55 Å². The average molecular weight is 286 g/mol. The molecule has 1 N–H and O–H groups in total. The molecule has 0 unspecified atom stereocenters. The van der Waals surface area contributed by atoms with Crippen LogP contribution in [0.1, 0.15) is 11.4 Å². The zero-order valence-corrected chi connectivity index (χ0v) is 12.3. The van der Waals surface area contributed by atoms with E-state index in [-0.39, 0.29) is 0 Å². The lowest BCUT2D eigenvalue weighted by atomic mass is 10.2. The molecule has 0 spiro atoms. The Morgan fingerprint density at radius 3 is 2.60 bits per heavy atom. The van der Waals surface area contributed by atoms with Crippen molar-refractivity contribution in [2.45, 2.75) is 20.5 Å². The molecule has 3 aromatic rings. The van der Waals surface area contributed by atoms with Gasteiger partial charge in [-0.15, -0.1) is 0 Å². The molecule has 3 nitrogen and oxygen atoms in total. The Kier molecular flexibility index (Phi) is 3.36. The molecule has 3 rings (SSSR count). The van der Waals surface area contributed by atoms with E-state index in [1.54, 1.807) is 0 Å². The molecule has 0 saturated heterocycles. The smallest absolute Gasteiger partial charge is 0.108 e. The molecule has 0 bridgehead atoms. The highest BCUT2D eigenvalue weighted by Crippen LogP contribution is 2.18. The Morgan fingerprint density at radius 2 is 1.85 bits per heavy atom. The summed E-state index contributed by atoms with van der Waals surface area (Å²) in [5.74, 6) is 1.01. The molecule has 0 amide bonds. The van der Waals surface area contributed by atoms with Crippen molar-refractivity contribution in [3.63, 3.8) is 0 Å². The molecule has 0 aliphatic rings. The number of anilines is 1. The Morgan fingerprint density at radius 1 is 1.10 bits per heavy atom. The fourth-order valence-corrected chi connectivity index (χ4v) is 2.42. The third-order valence-corrected chi connectivity index (χ3v) is 3.63. The lowest BCUT2D eigenvalue weighted by Gasteiger charge is -2.10. The van der Waals surface area contributed by atoms with Crippen LogP contribution in [0, 0.1) is 13.8 Å². The first-order valence-electron chi connectivity index (χ1n) is 6.56. The number of fused-ring (bicyclic) bond motifs is 1. The van der Waals surface area contributed by atoms with Gasteiger partial charge in [0.15, 0.2) is 0 Å². The number of hydrogen-bond donors (Lipinski definition) is 1. The van der Waals surface area contributed by atoms with E-state index in [0.29, 0.717) is 6.67 Å². The van der Waals surface area contributed by atoms with Crippen LogP contribution in [0.25, 0.3) is 11.0 Å². The highest BCUT2D eigenvalue weighted by molar-refractivity contribution is 6.30. The second-order valence-electron chi connectivity index (χ2n) is 4.92. The van der Waals surface area contributed by atoms with Crippen LogP contribution in [0.3, 0.4) is 0 Å². The second-order valence-corrected chi connectivity index (χ2v) is 5.36. The highest BCUT2D eigenvalue weighted by atomic mass is 35.5. The molecule has 1 heterocycles. The van der Waals surface area contributed by atoms with E-state index in [1.165, 1.54) is 5.56 Å². The van der Waals surface area contributed by atoms with Crippen LogP contribution in [-0.2, 0) is 6.67 Å². The van der Waals surface area contributed by atoms with Crippen LogP contribution < -0.4 is 5.32 Å². The van der Waals surface area contributed by atoms with Crippen molar-refractivity contribution in [2.24, 2.45) is 0 Å². The predicted molar refractivity (Wildman–Crippen MR) is 84.3 cm³/mol. The summed E-state index contributed by atoms with van der Waals surface area (Å²) in [5.41, 5.74) is 4.46. The Bertz CT molecular complexity index is 744. The van der Waals surface area contributed by atoms with Crippen molar-refractivity contribution < 1.29 is 0 Å². The highest BCUT2D eigenvalue weighted by Gasteiger charge is 2.06. The number of halogens is 1. The van der Waals surface area contributed by atoms with Gasteiger partial charge in [0.1, 0.15) is 5.82 Å². The largest absolute Gasteiger partial charge is 0.367 e. The summed E-state index contributed by atoms with van der Waals surface area (Å²) in [6.07, 6.45) is 0. The number of imidazole rings is 1. The van der Waals surface area contributed by atoms with Crippen molar-refractivity contribution in [2.75, 3.05) is 5.32 Å². The number of nitrogens with one attached hydrogen (secondary N) is 1. The number of hydrogen-bond acceptors (Lipinski definition) is 2. The van der Waals surface area contributed by atoms with Crippen LogP contribution in [0.15, 0.2) is 42.5 Å². The van der Waals surface area contributed by atoms with Gasteiger partial charge in [0.2, 0.25) is 0 Å². The lowest BCUT2D eigenvalue weighted by molar-refractivity contribution is 0.765. The van der Waals surface area contributed by atoms with Gasteiger partial charge in [-0.2, -0.15) is 0 Å². The summed E-state index contributed by atoms with van der Waals surface area (Å²) in [6, 6.07) is 14.1. The van der Waals surface area contributed by atoms with Gasteiger partial charge in [0.25, 0.3) is 0 Å². The molecule has 4 heteroatoms. The minimum Gasteiger partial charge on any atom is -0.367 e. The van der Waals surface area contributed by atoms with Crippen LogP contribution >= 0.6 is 11.6 Å². The summed E-state index contributed by atoms with van der Waals surface area (Å²) in [4.78, 5) is 4.60. The van der Waals surface area contributed by atoms with Crippen LogP contribution in [0.4, 0.5) is 5.69 Å². The topological polar surface area (TPSA) is 29.9 Å². The quantitative estimate of drug-likeness (QED) is 0.774. The van der Waals surface area contributed by atoms with E-state index < -0.39 is 0 Å². The summed E-state index contributed by atoms with van der Waals surface area (Å²) in [6.45, 7) is 4.80. The number of aromatic nitrogens is 2. The van der Waals surface area contributed by atoms with Gasteiger partial charge >= 0.3 is 0 Å². The Labute approximate surface area is 123 Å². The molecule has 0 aliphatic carbocycles. The van der Waals surface area contributed by atoms with Gasteiger partial charge in [-0.3, -0.25) is 0 Å². The van der Waals surface area contributed by atoms with Gasteiger partial charge in [-0.25, -0.2) is 4.98 Å². The van der Waals surface area contributed by atoms with Gasteiger partial charge in [-0.1, -0.05) is 17.7 Å². The molecule has 0 fully saturated rings. The van der Waals surface area contributed by atoms with Crippen LogP contribution in [0.5, 0.6) is 0 Å². The van der Waals surface area contributed by atoms with E-state index in [0.717, 1.165) is 27.6 Å². The Hall–Kier alpha value is -2.00. The van der Waals surface area contributed by atoms with Gasteiger partial charge in [0, 0.05) is 10.7 Å². The van der Waals surface area contributed by atoms with Gasteiger partial charge < -0.3 is 9.88 Å². The maximum Gasteiger partial charge on any atom is 0.108 e. The molecular weight excluding hydrogens is 270 g/mol. The zero-order valence-electron chi connectivity index (χ0n) is 11.5. The first kappa shape index (κ1) is 13.0. The standard InChI is InChI=1S/C16H16ClN3/c1-11-3-8-16-15(9-11)19-12(2)20(16)10-18-14-6-4-13(17)5-7-14/h3-9,18H,10H2,1-2H3. The SMILES string of the molecule is Cc1ccc2c(c1)nc(C)n2CNc1ccc(Cl)cc1. The summed E-state index contributed by atoms with van der Waals surface area (Å²) in [5, 5.41) is 4.13. The Balaban J connectivity index is 1.87. The van der Waals surface area contributed by atoms with E-state index in [1.807, 2.05) is 31.2 Å². The fraction of sp³-hybridized carbons (Fsp3) is 0.188. The summed E-state index contributed by atoms with van der Waals surface area (Å²) in [7, 11) is 0. The molecule has 102 valence electrons. The van der Waals surface area contributed by atoms with Crippen molar-refractivity contribution in [1.82, 2.24) is 9.55 Å². The first-order chi connectivity index (χ1) is 9.63. The molecule has 1 aromatic heterocycles. The fourth-order valence-electron chi connectivity index (χ4n) is 2.30. The number of rotatable bonds is 3. The average Bonchev–Trinajstić information content (AvgIpc) is 2.73. The van der Waals surface area contributed by atoms with Crippen molar-refractivity contribution >= 4 is 28.3 Å². The third-order valence-electron chi connectivity index (χ3n) is 3.38. The van der Waals surface area contributed by atoms with E-state index >= 15 is 0 Å². The third kappa shape index (κ3) is 2.49. The minimum absolute atomic E-state index is 0.688. The van der Waals surface area contributed by atoms with E-state index in [2.05, 4.69) is 40.0 Å². The summed E-state index contributed by atoms with van der Waals surface area (Å²) >= 11 is 5.89. The monoisotopic (exact) mass is 285 g/mol. The summed E-state index contributed by atoms with van der Waals surface area (Å²) < 4.78 is 2.17. The van der Waals surface area contributed by atoms with Crippen molar-refractivity contribution in [3.8, 4) is 0 Å². The predicted octanol–water partition coefficient (Wildman–Crippen LogP) is 4.38. The molecule has 0 atom stereocenters. The number of nitrogens with zero attached hydrogens (tertiary/aromatic N) is 2.